The van der Waals surface area contributed by atoms with E-state index in [1.54, 1.807) is 0 Å². The van der Waals surface area contributed by atoms with Crippen molar-refractivity contribution in [2.75, 3.05) is 0 Å². The third-order valence-corrected chi connectivity index (χ3v) is 5.00. The summed E-state index contributed by atoms with van der Waals surface area (Å²) >= 11 is 0. The average Bonchev–Trinajstić information content (AvgIpc) is 2.79. The Bertz CT molecular complexity index is 758. The average molecular weight is 462 g/mol. The molecule has 0 fully saturated rings. The number of benzene rings is 1. The summed E-state index contributed by atoms with van der Waals surface area (Å²) in [5.41, 5.74) is -0.0339. The van der Waals surface area contributed by atoms with Crippen LogP contribution in [0.2, 0.25) is 0 Å². The summed E-state index contributed by atoms with van der Waals surface area (Å²) in [5, 5.41) is 2.75. The van der Waals surface area contributed by atoms with Crippen molar-refractivity contribution in [2.24, 2.45) is 0 Å². The number of amides is 1. The highest BCUT2D eigenvalue weighted by atomic mass is 19.4. The molecule has 0 aromatic heterocycles. The van der Waals surface area contributed by atoms with Crippen molar-refractivity contribution < 1.29 is 18.0 Å². The number of carbonyl (C=O) groups is 1. The number of unbranched alkanes of at least 4 members (excludes halogenated alkanes) is 4. The maximum Gasteiger partial charge on any atom is 0.416 e. The molecule has 0 aliphatic carbocycles. The minimum atomic E-state index is -4.34. The van der Waals surface area contributed by atoms with Crippen molar-refractivity contribution in [1.29, 1.82) is 0 Å². The largest absolute Gasteiger partial charge is 0.416 e. The molecule has 0 unspecified atom stereocenters. The molecule has 0 atom stereocenters. The normalized spacial score (nSPS) is 12.6. The molecule has 1 rings (SSSR count). The van der Waals surface area contributed by atoms with Crippen LogP contribution in [0.25, 0.3) is 0 Å². The van der Waals surface area contributed by atoms with Crippen molar-refractivity contribution in [1.82, 2.24) is 5.32 Å². The zero-order valence-electron chi connectivity index (χ0n) is 19.7. The number of hydrogen-bond donors (Lipinski definition) is 1. The predicted molar refractivity (Wildman–Crippen MR) is 132 cm³/mol. The number of allylic oxidation sites excluding steroid dienone is 8. The van der Waals surface area contributed by atoms with E-state index in [4.69, 9.17) is 0 Å². The molecular formula is C28H38F3NO. The summed E-state index contributed by atoms with van der Waals surface area (Å²) in [6.45, 7) is 2.46. The van der Waals surface area contributed by atoms with E-state index in [1.807, 2.05) is 0 Å². The molecule has 33 heavy (non-hydrogen) atoms. The van der Waals surface area contributed by atoms with Gasteiger partial charge in [0.1, 0.15) is 0 Å². The molecular weight excluding hydrogens is 423 g/mol. The topological polar surface area (TPSA) is 29.1 Å². The highest BCUT2D eigenvalue weighted by Gasteiger charge is 2.29. The number of nitrogens with one attached hydrogen (secondary N) is 1. The Hall–Kier alpha value is -2.56. The van der Waals surface area contributed by atoms with Gasteiger partial charge in [-0.2, -0.15) is 13.2 Å². The Morgan fingerprint density at radius 3 is 1.82 bits per heavy atom. The molecule has 0 aliphatic rings. The molecule has 0 bridgehead atoms. The molecule has 0 radical (unpaired) electrons. The molecule has 1 N–H and O–H groups in total. The van der Waals surface area contributed by atoms with Crippen LogP contribution < -0.4 is 5.32 Å². The zero-order valence-corrected chi connectivity index (χ0v) is 19.7. The molecule has 1 aromatic carbocycles. The van der Waals surface area contributed by atoms with E-state index in [0.29, 0.717) is 12.0 Å². The fourth-order valence-corrected chi connectivity index (χ4v) is 3.04. The van der Waals surface area contributed by atoms with E-state index in [-0.39, 0.29) is 12.5 Å². The van der Waals surface area contributed by atoms with Gasteiger partial charge in [0, 0.05) is 13.0 Å². The van der Waals surface area contributed by atoms with Crippen LogP contribution in [-0.4, -0.2) is 5.91 Å². The van der Waals surface area contributed by atoms with Crippen LogP contribution in [0.3, 0.4) is 0 Å². The van der Waals surface area contributed by atoms with Crippen LogP contribution in [0.5, 0.6) is 0 Å². The van der Waals surface area contributed by atoms with Gasteiger partial charge in [-0.3, -0.25) is 4.79 Å². The Kier molecular flexibility index (Phi) is 15.5. The minimum Gasteiger partial charge on any atom is -0.352 e. The number of halogens is 3. The number of rotatable bonds is 16. The predicted octanol–water partition coefficient (Wildman–Crippen LogP) is 8.47. The van der Waals surface area contributed by atoms with E-state index < -0.39 is 11.7 Å². The first kappa shape index (κ1) is 28.5. The zero-order chi connectivity index (χ0) is 24.2. The molecule has 1 amide bonds. The molecule has 2 nitrogen and oxygen atoms in total. The standard InChI is InChI=1S/C28H38F3NO/c1-2-3-4-5-6-7-8-9-10-11-12-13-14-15-16-17-18-19-27(33)32-24-25-20-22-26(23-21-25)28(29,30)31/h6-7,9-10,12-13,15-16,20-23H,2-5,8,11,14,17-19,24H2,1H3,(H,32,33)/b7-6-,10-9-,13-12-,16-15-. The monoisotopic (exact) mass is 461 g/mol. The lowest BCUT2D eigenvalue weighted by molar-refractivity contribution is -0.137. The Morgan fingerprint density at radius 1 is 0.788 bits per heavy atom. The van der Waals surface area contributed by atoms with E-state index in [2.05, 4.69) is 60.8 Å². The summed E-state index contributed by atoms with van der Waals surface area (Å²) in [6.07, 6.45) is 22.8. The third kappa shape index (κ3) is 15.8. The first-order chi connectivity index (χ1) is 15.9. The van der Waals surface area contributed by atoms with Crippen LogP contribution in [0.1, 0.15) is 82.3 Å². The summed E-state index contributed by atoms with van der Waals surface area (Å²) in [4.78, 5) is 11.9. The summed E-state index contributed by atoms with van der Waals surface area (Å²) in [6, 6.07) is 4.85. The smallest absolute Gasteiger partial charge is 0.352 e. The molecule has 0 aliphatic heterocycles. The summed E-state index contributed by atoms with van der Waals surface area (Å²) in [5.74, 6) is -0.0919. The van der Waals surface area contributed by atoms with Gasteiger partial charge in [-0.05, 0) is 62.6 Å². The lowest BCUT2D eigenvalue weighted by Gasteiger charge is -2.08. The molecule has 0 spiro atoms. The molecule has 0 saturated carbocycles. The van der Waals surface area contributed by atoms with Crippen LogP contribution in [-0.2, 0) is 17.5 Å². The van der Waals surface area contributed by atoms with Crippen LogP contribution in [0, 0.1) is 0 Å². The second kappa shape index (κ2) is 17.9. The van der Waals surface area contributed by atoms with Gasteiger partial charge in [-0.15, -0.1) is 0 Å². The van der Waals surface area contributed by atoms with Crippen molar-refractivity contribution in [3.8, 4) is 0 Å². The molecule has 182 valence electrons. The van der Waals surface area contributed by atoms with Gasteiger partial charge in [0.05, 0.1) is 5.56 Å². The minimum absolute atomic E-state index is 0.0919. The first-order valence-electron chi connectivity index (χ1n) is 12.0. The van der Waals surface area contributed by atoms with Gasteiger partial charge < -0.3 is 5.32 Å². The van der Waals surface area contributed by atoms with E-state index in [1.165, 1.54) is 37.8 Å². The van der Waals surface area contributed by atoms with Crippen LogP contribution >= 0.6 is 0 Å². The molecule has 0 heterocycles. The van der Waals surface area contributed by atoms with Gasteiger partial charge in [0.2, 0.25) is 5.91 Å². The molecule has 5 heteroatoms. The number of alkyl halides is 3. The molecule has 1 aromatic rings. The summed E-state index contributed by atoms with van der Waals surface area (Å²) in [7, 11) is 0. The SMILES string of the molecule is CCCCC/C=C\C/C=C\C/C=C\C/C=C\CCCC(=O)NCc1ccc(C(F)(F)F)cc1. The fourth-order valence-electron chi connectivity index (χ4n) is 3.04. The third-order valence-electron chi connectivity index (χ3n) is 5.00. The van der Waals surface area contributed by atoms with Crippen molar-refractivity contribution in [3.05, 3.63) is 84.0 Å². The highest BCUT2D eigenvalue weighted by molar-refractivity contribution is 5.75. The maximum atomic E-state index is 12.5. The number of hydrogen-bond acceptors (Lipinski definition) is 1. The van der Waals surface area contributed by atoms with Gasteiger partial charge in [-0.1, -0.05) is 80.5 Å². The lowest BCUT2D eigenvalue weighted by Crippen LogP contribution is -2.22. The summed E-state index contributed by atoms with van der Waals surface area (Å²) < 4.78 is 37.6. The van der Waals surface area contributed by atoms with E-state index >= 15 is 0 Å². The Balaban J connectivity index is 2.03. The second-order valence-electron chi connectivity index (χ2n) is 7.95. The second-order valence-corrected chi connectivity index (χ2v) is 7.95. The van der Waals surface area contributed by atoms with Gasteiger partial charge in [0.25, 0.3) is 0 Å². The van der Waals surface area contributed by atoms with Crippen molar-refractivity contribution >= 4 is 5.91 Å². The maximum absolute atomic E-state index is 12.5. The quantitative estimate of drug-likeness (QED) is 0.194. The van der Waals surface area contributed by atoms with E-state index in [0.717, 1.165) is 44.2 Å². The van der Waals surface area contributed by atoms with Gasteiger partial charge >= 0.3 is 6.18 Å². The van der Waals surface area contributed by atoms with E-state index in [9.17, 15) is 18.0 Å². The fraction of sp³-hybridized carbons (Fsp3) is 0.464. The first-order valence-corrected chi connectivity index (χ1v) is 12.0. The highest BCUT2D eigenvalue weighted by Crippen LogP contribution is 2.29. The van der Waals surface area contributed by atoms with Gasteiger partial charge in [-0.25, -0.2) is 0 Å². The van der Waals surface area contributed by atoms with Crippen LogP contribution in [0.4, 0.5) is 13.2 Å². The molecule has 0 saturated heterocycles. The van der Waals surface area contributed by atoms with Crippen molar-refractivity contribution in [3.63, 3.8) is 0 Å². The van der Waals surface area contributed by atoms with Crippen LogP contribution in [0.15, 0.2) is 72.9 Å². The lowest BCUT2D eigenvalue weighted by atomic mass is 10.1. The van der Waals surface area contributed by atoms with Gasteiger partial charge in [0.15, 0.2) is 0 Å². The van der Waals surface area contributed by atoms with Crippen molar-refractivity contribution in [2.45, 2.75) is 83.9 Å². The Labute approximate surface area is 197 Å². The number of carbonyl (C=O) groups excluding carboxylic acids is 1. The Morgan fingerprint density at radius 2 is 1.30 bits per heavy atom.